The fourth-order valence-corrected chi connectivity index (χ4v) is 5.41. The van der Waals surface area contributed by atoms with Gasteiger partial charge in [0.2, 0.25) is 15.9 Å². The van der Waals surface area contributed by atoms with Crippen molar-refractivity contribution in [2.24, 2.45) is 5.41 Å². The number of sulfonamides is 1. The molecule has 0 unspecified atom stereocenters. The maximum absolute atomic E-state index is 13.6. The largest absolute Gasteiger partial charge is 0.352 e. The number of rotatable bonds is 5. The average molecular weight is 422 g/mol. The van der Waals surface area contributed by atoms with Gasteiger partial charge in [-0.1, -0.05) is 18.2 Å². The molecule has 1 amide bonds. The Morgan fingerprint density at radius 3 is 2.48 bits per heavy atom. The second kappa shape index (κ2) is 8.20. The fraction of sp³-hybridized carbons (Fsp3) is 0.381. The highest BCUT2D eigenvalue weighted by Gasteiger charge is 2.42. The minimum Gasteiger partial charge on any atom is -0.352 e. The number of nitrogens with zero attached hydrogens (tertiary/aromatic N) is 1. The van der Waals surface area contributed by atoms with Crippen molar-refractivity contribution in [2.45, 2.75) is 38.1 Å². The summed E-state index contributed by atoms with van der Waals surface area (Å²) >= 11 is 0. The monoisotopic (exact) mass is 422 g/mol. The van der Waals surface area contributed by atoms with Gasteiger partial charge in [0.05, 0.1) is 10.3 Å². The van der Waals surface area contributed by atoms with Crippen LogP contribution in [0.1, 0.15) is 30.9 Å². The highest BCUT2D eigenvalue weighted by molar-refractivity contribution is 7.89. The van der Waals surface area contributed by atoms with E-state index in [0.29, 0.717) is 18.4 Å². The Kier molecular flexibility index (Phi) is 6.05. The molecule has 1 atom stereocenters. The van der Waals surface area contributed by atoms with Crippen molar-refractivity contribution in [3.05, 3.63) is 65.2 Å². The van der Waals surface area contributed by atoms with E-state index in [-0.39, 0.29) is 36.3 Å². The van der Waals surface area contributed by atoms with Crippen LogP contribution in [-0.2, 0) is 21.4 Å². The van der Waals surface area contributed by atoms with Crippen molar-refractivity contribution in [1.82, 2.24) is 9.62 Å². The van der Waals surface area contributed by atoms with Crippen LogP contribution in [0.4, 0.5) is 8.78 Å². The molecule has 1 heterocycles. The van der Waals surface area contributed by atoms with E-state index in [1.54, 1.807) is 26.0 Å². The summed E-state index contributed by atoms with van der Waals surface area (Å²) in [6.07, 6.45) is 1.06. The zero-order valence-electron chi connectivity index (χ0n) is 16.4. The number of carbonyl (C=O) groups is 1. The molecule has 0 saturated carbocycles. The van der Waals surface area contributed by atoms with E-state index in [2.05, 4.69) is 5.32 Å². The van der Waals surface area contributed by atoms with Crippen molar-refractivity contribution in [2.75, 3.05) is 13.1 Å². The molecule has 1 aliphatic heterocycles. The number of hydrogen-bond acceptors (Lipinski definition) is 3. The van der Waals surface area contributed by atoms with E-state index in [4.69, 9.17) is 0 Å². The van der Waals surface area contributed by atoms with Crippen LogP contribution in [0.3, 0.4) is 0 Å². The molecule has 0 aliphatic carbocycles. The third-order valence-electron chi connectivity index (χ3n) is 5.34. The number of amides is 1. The predicted molar refractivity (Wildman–Crippen MR) is 105 cm³/mol. The van der Waals surface area contributed by atoms with Gasteiger partial charge in [-0.3, -0.25) is 4.79 Å². The van der Waals surface area contributed by atoms with Gasteiger partial charge < -0.3 is 5.32 Å². The Bertz CT molecular complexity index is 1010. The number of nitrogens with one attached hydrogen (secondary N) is 1. The minimum atomic E-state index is -3.92. The standard InChI is InChI=1S/C21H24F2N2O3S/c1-15-4-7-18(23)12-19(15)29(27,28)25-11-3-10-21(2,14-25)20(26)24-13-16-5-8-17(22)9-6-16/h4-9,12H,3,10-11,13-14H2,1-2H3,(H,24,26)/t21-/m1/s1. The first-order chi connectivity index (χ1) is 13.6. The van der Waals surface area contributed by atoms with Crippen LogP contribution < -0.4 is 5.32 Å². The van der Waals surface area contributed by atoms with Crippen LogP contribution in [0.15, 0.2) is 47.4 Å². The van der Waals surface area contributed by atoms with Crippen LogP contribution in [0.5, 0.6) is 0 Å². The molecule has 0 bridgehead atoms. The Morgan fingerprint density at radius 2 is 1.79 bits per heavy atom. The lowest BCUT2D eigenvalue weighted by molar-refractivity contribution is -0.132. The quantitative estimate of drug-likeness (QED) is 0.803. The van der Waals surface area contributed by atoms with E-state index < -0.39 is 21.3 Å². The molecule has 1 N–H and O–H groups in total. The molecule has 8 heteroatoms. The summed E-state index contributed by atoms with van der Waals surface area (Å²) in [5.74, 6) is -1.24. The smallest absolute Gasteiger partial charge is 0.243 e. The first-order valence-electron chi connectivity index (χ1n) is 9.41. The highest BCUT2D eigenvalue weighted by atomic mass is 32.2. The average Bonchev–Trinajstić information content (AvgIpc) is 2.69. The van der Waals surface area contributed by atoms with Gasteiger partial charge in [0.15, 0.2) is 0 Å². The van der Waals surface area contributed by atoms with E-state index in [1.807, 2.05) is 0 Å². The lowest BCUT2D eigenvalue weighted by Crippen LogP contribution is -2.51. The topological polar surface area (TPSA) is 66.5 Å². The molecule has 3 rings (SSSR count). The van der Waals surface area contributed by atoms with Gasteiger partial charge in [0.25, 0.3) is 0 Å². The van der Waals surface area contributed by atoms with Crippen LogP contribution >= 0.6 is 0 Å². The zero-order valence-corrected chi connectivity index (χ0v) is 17.2. The molecule has 1 fully saturated rings. The summed E-state index contributed by atoms with van der Waals surface area (Å²) in [5.41, 5.74) is 0.297. The van der Waals surface area contributed by atoms with Gasteiger partial charge >= 0.3 is 0 Å². The number of hydrogen-bond donors (Lipinski definition) is 1. The second-order valence-electron chi connectivity index (χ2n) is 7.72. The third kappa shape index (κ3) is 4.64. The summed E-state index contributed by atoms with van der Waals surface area (Å²) < 4.78 is 54.1. The van der Waals surface area contributed by atoms with Crippen LogP contribution in [0.2, 0.25) is 0 Å². The number of halogens is 2. The van der Waals surface area contributed by atoms with Gasteiger partial charge in [0.1, 0.15) is 11.6 Å². The van der Waals surface area contributed by atoms with E-state index in [9.17, 15) is 22.0 Å². The van der Waals surface area contributed by atoms with Gasteiger partial charge in [-0.05, 0) is 62.1 Å². The highest BCUT2D eigenvalue weighted by Crippen LogP contribution is 2.33. The molecule has 156 valence electrons. The Balaban J connectivity index is 1.75. The molecule has 2 aromatic carbocycles. The summed E-state index contributed by atoms with van der Waals surface area (Å²) in [5, 5.41) is 2.82. The third-order valence-corrected chi connectivity index (χ3v) is 7.33. The first-order valence-corrected chi connectivity index (χ1v) is 10.8. The molecule has 29 heavy (non-hydrogen) atoms. The van der Waals surface area contributed by atoms with Crippen molar-refractivity contribution < 1.29 is 22.0 Å². The van der Waals surface area contributed by atoms with Crippen LogP contribution in [-0.4, -0.2) is 31.7 Å². The summed E-state index contributed by atoms with van der Waals surface area (Å²) in [6.45, 7) is 3.86. The normalized spacial score (nSPS) is 20.4. The number of piperidine rings is 1. The Morgan fingerprint density at radius 1 is 1.14 bits per heavy atom. The fourth-order valence-electron chi connectivity index (χ4n) is 3.57. The first kappa shape index (κ1) is 21.4. The van der Waals surface area contributed by atoms with Crippen molar-refractivity contribution in [1.29, 1.82) is 0 Å². The van der Waals surface area contributed by atoms with Gasteiger partial charge in [0, 0.05) is 19.6 Å². The number of benzene rings is 2. The maximum Gasteiger partial charge on any atom is 0.243 e. The molecule has 0 radical (unpaired) electrons. The summed E-state index contributed by atoms with van der Waals surface area (Å²) in [6, 6.07) is 9.48. The molecule has 1 aliphatic rings. The SMILES string of the molecule is Cc1ccc(F)cc1S(=O)(=O)N1CCC[C@@](C)(C(=O)NCc2ccc(F)cc2)C1. The van der Waals surface area contributed by atoms with Crippen LogP contribution in [0, 0.1) is 24.0 Å². The van der Waals surface area contributed by atoms with Crippen LogP contribution in [0.25, 0.3) is 0 Å². The van der Waals surface area contributed by atoms with Gasteiger partial charge in [-0.2, -0.15) is 4.31 Å². The molecule has 0 aromatic heterocycles. The Labute approximate surface area is 169 Å². The number of carbonyl (C=O) groups excluding carboxylic acids is 1. The Hall–Kier alpha value is -2.32. The summed E-state index contributed by atoms with van der Waals surface area (Å²) in [4.78, 5) is 12.7. The van der Waals surface area contributed by atoms with Crippen molar-refractivity contribution in [3.63, 3.8) is 0 Å². The lowest BCUT2D eigenvalue weighted by atomic mass is 9.82. The summed E-state index contributed by atoms with van der Waals surface area (Å²) in [7, 11) is -3.92. The van der Waals surface area contributed by atoms with Gasteiger partial charge in [-0.25, -0.2) is 17.2 Å². The maximum atomic E-state index is 13.6. The molecule has 0 spiro atoms. The molecular weight excluding hydrogens is 398 g/mol. The second-order valence-corrected chi connectivity index (χ2v) is 9.63. The van der Waals surface area contributed by atoms with E-state index in [0.717, 1.165) is 11.6 Å². The van der Waals surface area contributed by atoms with E-state index in [1.165, 1.54) is 28.6 Å². The molecular formula is C21H24F2N2O3S. The lowest BCUT2D eigenvalue weighted by Gasteiger charge is -2.38. The van der Waals surface area contributed by atoms with E-state index >= 15 is 0 Å². The predicted octanol–water partition coefficient (Wildman–Crippen LogP) is 3.38. The van der Waals surface area contributed by atoms with Gasteiger partial charge in [-0.15, -0.1) is 0 Å². The zero-order chi connectivity index (χ0) is 21.2. The van der Waals surface area contributed by atoms with Crippen molar-refractivity contribution >= 4 is 15.9 Å². The van der Waals surface area contributed by atoms with Crippen molar-refractivity contribution in [3.8, 4) is 0 Å². The number of aryl methyl sites for hydroxylation is 1. The minimum absolute atomic E-state index is 0.0144. The molecule has 5 nitrogen and oxygen atoms in total. The molecule has 1 saturated heterocycles. The molecule has 2 aromatic rings.